The zero-order valence-electron chi connectivity index (χ0n) is 10.5. The van der Waals surface area contributed by atoms with Gasteiger partial charge in [-0.2, -0.15) is 0 Å². The Hall–Kier alpha value is -1.22. The first kappa shape index (κ1) is 15.2. The van der Waals surface area contributed by atoms with Crippen LogP contribution >= 0.6 is 34.8 Å². The van der Waals surface area contributed by atoms with E-state index >= 15 is 0 Å². The molecule has 1 N–H and O–H groups in total. The Bertz CT molecular complexity index is 628. The lowest BCUT2D eigenvalue weighted by molar-refractivity contribution is -0.116. The number of halogens is 3. The third-order valence-corrected chi connectivity index (χ3v) is 3.71. The first-order chi connectivity index (χ1) is 9.54. The number of aryl methyl sites for hydroxylation is 1. The summed E-state index contributed by atoms with van der Waals surface area (Å²) in [7, 11) is 0. The van der Waals surface area contributed by atoms with Crippen molar-refractivity contribution in [3.8, 4) is 0 Å². The van der Waals surface area contributed by atoms with E-state index in [0.29, 0.717) is 33.6 Å². The molecule has 2 aromatic rings. The van der Waals surface area contributed by atoms with Crippen LogP contribution in [0.5, 0.6) is 0 Å². The molecule has 5 heteroatoms. The van der Waals surface area contributed by atoms with Crippen LogP contribution in [0.15, 0.2) is 42.5 Å². The third kappa shape index (κ3) is 4.41. The van der Waals surface area contributed by atoms with E-state index < -0.39 is 0 Å². The Labute approximate surface area is 132 Å². The number of carbonyl (C=O) groups is 1. The molecule has 0 aliphatic carbocycles. The van der Waals surface area contributed by atoms with Crippen molar-refractivity contribution >= 4 is 46.4 Å². The van der Waals surface area contributed by atoms with Gasteiger partial charge in [0, 0.05) is 17.1 Å². The molecular formula is C15H12Cl3NO. The van der Waals surface area contributed by atoms with Crippen molar-refractivity contribution in [2.75, 3.05) is 5.32 Å². The number of nitrogens with one attached hydrogen (secondary N) is 1. The molecule has 0 aliphatic rings. The minimum atomic E-state index is -0.0802. The molecule has 1 amide bonds. The Morgan fingerprint density at radius 1 is 1.00 bits per heavy atom. The molecule has 0 unspecified atom stereocenters. The van der Waals surface area contributed by atoms with E-state index in [1.165, 1.54) is 0 Å². The summed E-state index contributed by atoms with van der Waals surface area (Å²) >= 11 is 17.6. The van der Waals surface area contributed by atoms with Crippen LogP contribution in [0.1, 0.15) is 12.0 Å². The Kier molecular flexibility index (Phi) is 5.30. The number of amides is 1. The molecule has 0 saturated heterocycles. The zero-order valence-corrected chi connectivity index (χ0v) is 12.8. The maximum absolute atomic E-state index is 11.8. The van der Waals surface area contributed by atoms with E-state index in [1.54, 1.807) is 24.3 Å². The molecule has 2 aromatic carbocycles. The van der Waals surface area contributed by atoms with E-state index in [2.05, 4.69) is 5.32 Å². The summed E-state index contributed by atoms with van der Waals surface area (Å²) in [5.74, 6) is -0.0802. The SMILES string of the molecule is O=C(CCc1cccc(Cl)c1)Nc1ccc(Cl)c(Cl)c1. The predicted molar refractivity (Wildman–Crippen MR) is 84.9 cm³/mol. The number of rotatable bonds is 4. The molecule has 0 fully saturated rings. The number of hydrogen-bond acceptors (Lipinski definition) is 1. The van der Waals surface area contributed by atoms with Gasteiger partial charge in [0.05, 0.1) is 10.0 Å². The minimum Gasteiger partial charge on any atom is -0.326 e. The highest BCUT2D eigenvalue weighted by Crippen LogP contribution is 2.25. The van der Waals surface area contributed by atoms with Gasteiger partial charge in [0.25, 0.3) is 0 Å². The summed E-state index contributed by atoms with van der Waals surface area (Å²) in [6, 6.07) is 12.5. The minimum absolute atomic E-state index is 0.0802. The highest BCUT2D eigenvalue weighted by atomic mass is 35.5. The van der Waals surface area contributed by atoms with Gasteiger partial charge in [0.2, 0.25) is 5.91 Å². The molecule has 0 saturated carbocycles. The summed E-state index contributed by atoms with van der Waals surface area (Å²) in [5, 5.41) is 4.33. The van der Waals surface area contributed by atoms with Crippen LogP contribution in [0.2, 0.25) is 15.1 Å². The highest BCUT2D eigenvalue weighted by molar-refractivity contribution is 6.42. The maximum atomic E-state index is 11.8. The van der Waals surface area contributed by atoms with Crippen molar-refractivity contribution in [3.63, 3.8) is 0 Å². The first-order valence-corrected chi connectivity index (χ1v) is 7.17. The second-order valence-corrected chi connectivity index (χ2v) is 5.56. The van der Waals surface area contributed by atoms with Gasteiger partial charge in [-0.1, -0.05) is 46.9 Å². The van der Waals surface area contributed by atoms with Crippen molar-refractivity contribution in [3.05, 3.63) is 63.1 Å². The van der Waals surface area contributed by atoms with E-state index in [-0.39, 0.29) is 5.91 Å². The molecule has 0 bridgehead atoms. The lowest BCUT2D eigenvalue weighted by Gasteiger charge is -2.06. The van der Waals surface area contributed by atoms with E-state index in [4.69, 9.17) is 34.8 Å². The molecule has 0 aliphatic heterocycles. The molecular weight excluding hydrogens is 317 g/mol. The fourth-order valence-electron chi connectivity index (χ4n) is 1.75. The maximum Gasteiger partial charge on any atom is 0.224 e. The third-order valence-electron chi connectivity index (χ3n) is 2.73. The van der Waals surface area contributed by atoms with Crippen LogP contribution in [-0.2, 0) is 11.2 Å². The molecule has 0 heterocycles. The highest BCUT2D eigenvalue weighted by Gasteiger charge is 2.05. The number of anilines is 1. The van der Waals surface area contributed by atoms with Gasteiger partial charge in [-0.3, -0.25) is 4.79 Å². The Morgan fingerprint density at radius 3 is 2.50 bits per heavy atom. The van der Waals surface area contributed by atoms with Crippen molar-refractivity contribution in [2.24, 2.45) is 0 Å². The summed E-state index contributed by atoms with van der Waals surface area (Å²) in [5.41, 5.74) is 1.66. The van der Waals surface area contributed by atoms with Crippen LogP contribution in [0, 0.1) is 0 Å². The molecule has 0 radical (unpaired) electrons. The smallest absolute Gasteiger partial charge is 0.224 e. The second kappa shape index (κ2) is 6.98. The summed E-state index contributed by atoms with van der Waals surface area (Å²) in [4.78, 5) is 11.8. The lowest BCUT2D eigenvalue weighted by Crippen LogP contribution is -2.12. The molecule has 0 atom stereocenters. The standard InChI is InChI=1S/C15H12Cl3NO/c16-11-3-1-2-10(8-11)4-7-15(20)19-12-5-6-13(17)14(18)9-12/h1-3,5-6,8-9H,4,7H2,(H,19,20). The molecule has 104 valence electrons. The average molecular weight is 329 g/mol. The van der Waals surface area contributed by atoms with Gasteiger partial charge < -0.3 is 5.32 Å². The van der Waals surface area contributed by atoms with Crippen molar-refractivity contribution in [1.29, 1.82) is 0 Å². The second-order valence-electron chi connectivity index (χ2n) is 4.31. The predicted octanol–water partition coefficient (Wildman–Crippen LogP) is 5.22. The number of benzene rings is 2. The van der Waals surface area contributed by atoms with Crippen molar-refractivity contribution < 1.29 is 4.79 Å². The van der Waals surface area contributed by atoms with Gasteiger partial charge in [0.15, 0.2) is 0 Å². The van der Waals surface area contributed by atoms with Gasteiger partial charge in [0.1, 0.15) is 0 Å². The summed E-state index contributed by atoms with van der Waals surface area (Å²) in [6.07, 6.45) is 1.01. The monoisotopic (exact) mass is 327 g/mol. The van der Waals surface area contributed by atoms with Gasteiger partial charge in [-0.25, -0.2) is 0 Å². The van der Waals surface area contributed by atoms with Crippen molar-refractivity contribution in [1.82, 2.24) is 0 Å². The molecule has 0 spiro atoms. The van der Waals surface area contributed by atoms with E-state index in [9.17, 15) is 4.79 Å². The van der Waals surface area contributed by atoms with E-state index in [0.717, 1.165) is 5.56 Å². The Morgan fingerprint density at radius 2 is 1.80 bits per heavy atom. The van der Waals surface area contributed by atoms with Gasteiger partial charge >= 0.3 is 0 Å². The fourth-order valence-corrected chi connectivity index (χ4v) is 2.26. The summed E-state index contributed by atoms with van der Waals surface area (Å²) < 4.78 is 0. The molecule has 2 nitrogen and oxygen atoms in total. The fraction of sp³-hybridized carbons (Fsp3) is 0.133. The van der Waals surface area contributed by atoms with Crippen LogP contribution < -0.4 is 5.32 Å². The number of carbonyl (C=O) groups excluding carboxylic acids is 1. The van der Waals surface area contributed by atoms with Crippen LogP contribution in [0.3, 0.4) is 0 Å². The average Bonchev–Trinajstić information content (AvgIpc) is 2.41. The lowest BCUT2D eigenvalue weighted by atomic mass is 10.1. The van der Waals surface area contributed by atoms with Crippen LogP contribution in [-0.4, -0.2) is 5.91 Å². The van der Waals surface area contributed by atoms with Gasteiger partial charge in [-0.05, 0) is 42.3 Å². The quantitative estimate of drug-likeness (QED) is 0.819. The van der Waals surface area contributed by atoms with Gasteiger partial charge in [-0.15, -0.1) is 0 Å². The first-order valence-electron chi connectivity index (χ1n) is 6.04. The Balaban J connectivity index is 1.91. The molecule has 2 rings (SSSR count). The largest absolute Gasteiger partial charge is 0.326 e. The van der Waals surface area contributed by atoms with E-state index in [1.807, 2.05) is 18.2 Å². The molecule has 20 heavy (non-hydrogen) atoms. The normalized spacial score (nSPS) is 10.3. The zero-order chi connectivity index (χ0) is 14.5. The summed E-state index contributed by atoms with van der Waals surface area (Å²) in [6.45, 7) is 0. The number of hydrogen-bond donors (Lipinski definition) is 1. The van der Waals surface area contributed by atoms with Crippen LogP contribution in [0.25, 0.3) is 0 Å². The topological polar surface area (TPSA) is 29.1 Å². The van der Waals surface area contributed by atoms with Crippen molar-refractivity contribution in [2.45, 2.75) is 12.8 Å². The van der Waals surface area contributed by atoms with Crippen LogP contribution in [0.4, 0.5) is 5.69 Å². The molecule has 0 aromatic heterocycles.